The summed E-state index contributed by atoms with van der Waals surface area (Å²) in [5.41, 5.74) is 4.94. The summed E-state index contributed by atoms with van der Waals surface area (Å²) in [6, 6.07) is 7.56. The molecule has 0 saturated carbocycles. The van der Waals surface area contributed by atoms with Gasteiger partial charge in [0.2, 0.25) is 0 Å². The molecule has 0 heterocycles. The van der Waals surface area contributed by atoms with Crippen molar-refractivity contribution in [2.24, 2.45) is 0 Å². The molecule has 0 aliphatic carbocycles. The van der Waals surface area contributed by atoms with Crippen LogP contribution in [0.15, 0.2) is 24.3 Å². The quantitative estimate of drug-likeness (QED) is 0.674. The summed E-state index contributed by atoms with van der Waals surface area (Å²) < 4.78 is 5.22. The van der Waals surface area contributed by atoms with E-state index in [1.807, 2.05) is 25.1 Å². The average molecular weight is 259 g/mol. The number of rotatable bonds is 4. The van der Waals surface area contributed by atoms with Gasteiger partial charge in [-0.25, -0.2) is 4.79 Å². The largest absolute Gasteiger partial charge is 1.00 e. The maximum atomic E-state index is 11.5. The molecular weight excluding hydrogens is 240 g/mol. The normalized spacial score (nSPS) is 9.35. The Hall–Kier alpha value is -1.26. The summed E-state index contributed by atoms with van der Waals surface area (Å²) in [5, 5.41) is 0. The van der Waals surface area contributed by atoms with Gasteiger partial charge in [-0.2, -0.15) is 0 Å². The van der Waals surface area contributed by atoms with Crippen molar-refractivity contribution in [2.75, 3.05) is 20.1 Å². The lowest BCUT2D eigenvalue weighted by Crippen LogP contribution is -3.00. The SMILES string of the molecule is CCN(C)C(=O)Oc1cccc(CC[NH3+])c1.[Cl-]. The Morgan fingerprint density at radius 1 is 1.47 bits per heavy atom. The molecule has 0 aliphatic heterocycles. The van der Waals surface area contributed by atoms with E-state index in [1.165, 1.54) is 4.90 Å². The monoisotopic (exact) mass is 258 g/mol. The van der Waals surface area contributed by atoms with Crippen LogP contribution in [0.3, 0.4) is 0 Å². The number of nitrogens with zero attached hydrogens (tertiary/aromatic N) is 1. The van der Waals surface area contributed by atoms with Gasteiger partial charge in [0.25, 0.3) is 0 Å². The van der Waals surface area contributed by atoms with E-state index in [1.54, 1.807) is 13.1 Å². The van der Waals surface area contributed by atoms with Crippen LogP contribution in [0.2, 0.25) is 0 Å². The Kier molecular flexibility index (Phi) is 7.34. The number of carbonyl (C=O) groups is 1. The van der Waals surface area contributed by atoms with Crippen molar-refractivity contribution in [3.8, 4) is 5.75 Å². The zero-order valence-corrected chi connectivity index (χ0v) is 11.0. The minimum Gasteiger partial charge on any atom is -1.00 e. The molecule has 0 saturated heterocycles. The lowest BCUT2D eigenvalue weighted by molar-refractivity contribution is -0.366. The van der Waals surface area contributed by atoms with E-state index in [4.69, 9.17) is 4.74 Å². The molecule has 0 aliphatic rings. The predicted octanol–water partition coefficient (Wildman–Crippen LogP) is -2.07. The third-order valence-corrected chi connectivity index (χ3v) is 2.36. The topological polar surface area (TPSA) is 57.2 Å². The van der Waals surface area contributed by atoms with Crippen LogP contribution in [0.5, 0.6) is 5.75 Å². The molecule has 0 spiro atoms. The van der Waals surface area contributed by atoms with E-state index in [0.29, 0.717) is 12.3 Å². The van der Waals surface area contributed by atoms with E-state index in [-0.39, 0.29) is 18.5 Å². The Morgan fingerprint density at radius 3 is 2.76 bits per heavy atom. The lowest BCUT2D eigenvalue weighted by Gasteiger charge is -2.14. The Balaban J connectivity index is 0.00000256. The van der Waals surface area contributed by atoms with Crippen molar-refractivity contribution in [2.45, 2.75) is 13.3 Å². The standard InChI is InChI=1S/C12H18N2O2.ClH/c1-3-14(2)12(15)16-11-6-4-5-10(9-11)7-8-13;/h4-6,9H,3,7-8,13H2,1-2H3;1H. The van der Waals surface area contributed by atoms with E-state index in [2.05, 4.69) is 5.73 Å². The van der Waals surface area contributed by atoms with Gasteiger partial charge in [-0.15, -0.1) is 0 Å². The fourth-order valence-corrected chi connectivity index (χ4v) is 1.28. The number of quaternary nitrogens is 1. The van der Waals surface area contributed by atoms with Crippen LogP contribution in [0.1, 0.15) is 12.5 Å². The van der Waals surface area contributed by atoms with Crippen molar-refractivity contribution < 1.29 is 27.7 Å². The smallest absolute Gasteiger partial charge is 0.414 e. The van der Waals surface area contributed by atoms with E-state index in [0.717, 1.165) is 18.5 Å². The highest BCUT2D eigenvalue weighted by Gasteiger charge is 2.08. The molecule has 1 aromatic rings. The summed E-state index contributed by atoms with van der Waals surface area (Å²) in [4.78, 5) is 13.0. The molecule has 1 aromatic carbocycles. The van der Waals surface area contributed by atoms with E-state index < -0.39 is 0 Å². The van der Waals surface area contributed by atoms with E-state index >= 15 is 0 Å². The fraction of sp³-hybridized carbons (Fsp3) is 0.417. The highest BCUT2D eigenvalue weighted by molar-refractivity contribution is 5.70. The predicted molar refractivity (Wildman–Crippen MR) is 62.2 cm³/mol. The molecule has 0 bridgehead atoms. The molecular formula is C12H19ClN2O2. The minimum absolute atomic E-state index is 0. The van der Waals surface area contributed by atoms with Crippen molar-refractivity contribution in [1.29, 1.82) is 0 Å². The second kappa shape index (κ2) is 7.92. The molecule has 0 atom stereocenters. The zero-order valence-electron chi connectivity index (χ0n) is 10.3. The maximum Gasteiger partial charge on any atom is 0.414 e. The number of halogens is 1. The summed E-state index contributed by atoms with van der Waals surface area (Å²) >= 11 is 0. The number of ether oxygens (including phenoxy) is 1. The summed E-state index contributed by atoms with van der Waals surface area (Å²) in [6.07, 6.45) is 0.573. The van der Waals surface area contributed by atoms with Crippen LogP contribution in [0.25, 0.3) is 0 Å². The van der Waals surface area contributed by atoms with Crippen LogP contribution in [0.4, 0.5) is 4.79 Å². The van der Waals surface area contributed by atoms with Gasteiger partial charge in [-0.05, 0) is 24.6 Å². The van der Waals surface area contributed by atoms with Crippen molar-refractivity contribution in [1.82, 2.24) is 4.90 Å². The first-order valence-corrected chi connectivity index (χ1v) is 5.48. The average Bonchev–Trinajstić information content (AvgIpc) is 2.29. The molecule has 0 fully saturated rings. The van der Waals surface area contributed by atoms with Gasteiger partial charge in [0, 0.05) is 20.0 Å². The molecule has 0 unspecified atom stereocenters. The second-order valence-electron chi connectivity index (χ2n) is 3.63. The van der Waals surface area contributed by atoms with Gasteiger partial charge in [-0.3, -0.25) is 0 Å². The van der Waals surface area contributed by atoms with Crippen molar-refractivity contribution in [3.05, 3.63) is 29.8 Å². The molecule has 96 valence electrons. The van der Waals surface area contributed by atoms with Gasteiger partial charge in [-0.1, -0.05) is 12.1 Å². The Labute approximate surface area is 108 Å². The summed E-state index contributed by atoms with van der Waals surface area (Å²) in [6.45, 7) is 3.38. The molecule has 0 aromatic heterocycles. The maximum absolute atomic E-state index is 11.5. The van der Waals surface area contributed by atoms with Crippen molar-refractivity contribution >= 4 is 6.09 Å². The number of amides is 1. The first-order valence-electron chi connectivity index (χ1n) is 5.48. The van der Waals surface area contributed by atoms with Crippen molar-refractivity contribution in [3.63, 3.8) is 0 Å². The first kappa shape index (κ1) is 15.7. The van der Waals surface area contributed by atoms with Crippen LogP contribution >= 0.6 is 0 Å². The molecule has 0 radical (unpaired) electrons. The van der Waals surface area contributed by atoms with Gasteiger partial charge in [0.15, 0.2) is 0 Å². The highest BCUT2D eigenvalue weighted by atomic mass is 35.5. The third-order valence-electron chi connectivity index (χ3n) is 2.36. The molecule has 17 heavy (non-hydrogen) atoms. The molecule has 3 N–H and O–H groups in total. The number of hydrogen-bond acceptors (Lipinski definition) is 2. The molecule has 1 rings (SSSR count). The number of hydrogen-bond donors (Lipinski definition) is 1. The molecule has 1 amide bonds. The Bertz CT molecular complexity index is 358. The summed E-state index contributed by atoms with van der Waals surface area (Å²) in [5.74, 6) is 0.594. The zero-order chi connectivity index (χ0) is 12.0. The van der Waals surface area contributed by atoms with Gasteiger partial charge in [0.05, 0.1) is 6.54 Å². The van der Waals surface area contributed by atoms with Crippen LogP contribution in [-0.4, -0.2) is 31.1 Å². The third kappa shape index (κ3) is 5.06. The number of benzene rings is 1. The molecule has 5 heteroatoms. The minimum atomic E-state index is -0.325. The van der Waals surface area contributed by atoms with Gasteiger partial charge in [0.1, 0.15) is 5.75 Å². The number of carbonyl (C=O) groups excluding carboxylic acids is 1. The van der Waals surface area contributed by atoms with Gasteiger partial charge < -0.3 is 27.8 Å². The Morgan fingerprint density at radius 2 is 2.18 bits per heavy atom. The second-order valence-corrected chi connectivity index (χ2v) is 3.63. The summed E-state index contributed by atoms with van der Waals surface area (Å²) in [7, 11) is 1.71. The van der Waals surface area contributed by atoms with Crippen LogP contribution in [-0.2, 0) is 6.42 Å². The first-order chi connectivity index (χ1) is 7.67. The lowest BCUT2D eigenvalue weighted by atomic mass is 10.1. The van der Waals surface area contributed by atoms with Crippen LogP contribution in [0, 0.1) is 0 Å². The fourth-order valence-electron chi connectivity index (χ4n) is 1.28. The van der Waals surface area contributed by atoms with Gasteiger partial charge >= 0.3 is 6.09 Å². The molecule has 4 nitrogen and oxygen atoms in total. The highest BCUT2D eigenvalue weighted by Crippen LogP contribution is 2.14. The van der Waals surface area contributed by atoms with E-state index in [9.17, 15) is 4.79 Å². The van der Waals surface area contributed by atoms with Crippen LogP contribution < -0.4 is 22.9 Å².